The largest absolute Gasteiger partial charge is 0.481 e. The van der Waals surface area contributed by atoms with E-state index in [1.165, 1.54) is 19.1 Å². The van der Waals surface area contributed by atoms with E-state index in [-0.39, 0.29) is 17.7 Å². The van der Waals surface area contributed by atoms with Crippen molar-refractivity contribution < 1.29 is 37.4 Å². The third-order valence-corrected chi connectivity index (χ3v) is 7.35. The van der Waals surface area contributed by atoms with Crippen LogP contribution in [0.1, 0.15) is 51.0 Å². The number of aliphatic carboxylic acids is 1. The maximum atomic E-state index is 12.8. The highest BCUT2D eigenvalue weighted by Crippen LogP contribution is 2.23. The van der Waals surface area contributed by atoms with Crippen LogP contribution in [0.2, 0.25) is 0 Å². The van der Waals surface area contributed by atoms with E-state index >= 15 is 0 Å². The number of primary amides is 1. The van der Waals surface area contributed by atoms with Gasteiger partial charge in [0, 0.05) is 12.5 Å². The zero-order valence-corrected chi connectivity index (χ0v) is 21.2. The van der Waals surface area contributed by atoms with Crippen LogP contribution in [0.15, 0.2) is 29.2 Å². The zero-order valence-electron chi connectivity index (χ0n) is 20.4. The summed E-state index contributed by atoms with van der Waals surface area (Å²) >= 11 is 0. The number of rotatable bonds is 13. The van der Waals surface area contributed by atoms with E-state index in [0.29, 0.717) is 12.8 Å². The van der Waals surface area contributed by atoms with Gasteiger partial charge in [-0.15, -0.1) is 0 Å². The number of nitrogens with one attached hydrogen (secondary N) is 3. The Bertz CT molecular complexity index is 1040. The van der Waals surface area contributed by atoms with Gasteiger partial charge in [0.2, 0.25) is 27.7 Å². The number of carbonyl (C=O) groups is 4. The molecule has 0 unspecified atom stereocenters. The molecule has 1 saturated carbocycles. The molecule has 2 rings (SSSR count). The predicted molar refractivity (Wildman–Crippen MR) is 129 cm³/mol. The summed E-state index contributed by atoms with van der Waals surface area (Å²) in [6, 6.07) is 3.74. The molecule has 6 N–H and O–H groups in total. The van der Waals surface area contributed by atoms with Crippen LogP contribution in [0.25, 0.3) is 0 Å². The summed E-state index contributed by atoms with van der Waals surface area (Å²) in [4.78, 5) is 47.0. The SMILES string of the molecule is Cc1ccc(S(=O)(=O)N[C@@H]2CCCC[C@H]2OCC(=O)N[C@@H](C)C(=O)N[C@H](CCC(=O)O)C(N)=O)cc1. The van der Waals surface area contributed by atoms with Crippen LogP contribution in [0.3, 0.4) is 0 Å². The number of ether oxygens (including phenoxy) is 1. The summed E-state index contributed by atoms with van der Waals surface area (Å²) in [7, 11) is -3.77. The molecule has 0 bridgehead atoms. The minimum atomic E-state index is -3.77. The van der Waals surface area contributed by atoms with Crippen molar-refractivity contribution in [2.75, 3.05) is 6.61 Å². The van der Waals surface area contributed by atoms with Gasteiger partial charge in [-0.05, 0) is 45.2 Å². The first kappa shape index (κ1) is 29.2. The minimum absolute atomic E-state index is 0.146. The van der Waals surface area contributed by atoms with Crippen molar-refractivity contribution >= 4 is 33.7 Å². The Balaban J connectivity index is 1.89. The van der Waals surface area contributed by atoms with E-state index in [1.54, 1.807) is 12.1 Å². The van der Waals surface area contributed by atoms with E-state index in [1.807, 2.05) is 6.92 Å². The Hall–Kier alpha value is -3.03. The van der Waals surface area contributed by atoms with Crippen LogP contribution in [0.4, 0.5) is 0 Å². The molecule has 12 nitrogen and oxygen atoms in total. The highest BCUT2D eigenvalue weighted by atomic mass is 32.2. The van der Waals surface area contributed by atoms with Gasteiger partial charge in [0.25, 0.3) is 0 Å². The van der Waals surface area contributed by atoms with E-state index in [2.05, 4.69) is 15.4 Å². The lowest BCUT2D eigenvalue weighted by Crippen LogP contribution is -2.52. The maximum Gasteiger partial charge on any atom is 0.303 e. The van der Waals surface area contributed by atoms with Crippen LogP contribution in [-0.4, -0.2) is 68.1 Å². The van der Waals surface area contributed by atoms with Gasteiger partial charge in [0.05, 0.1) is 11.0 Å². The topological polar surface area (TPSA) is 194 Å². The Morgan fingerprint density at radius 2 is 1.75 bits per heavy atom. The van der Waals surface area contributed by atoms with Gasteiger partial charge in [0.15, 0.2) is 0 Å². The van der Waals surface area contributed by atoms with Crippen LogP contribution in [0.5, 0.6) is 0 Å². The van der Waals surface area contributed by atoms with Crippen molar-refractivity contribution in [1.29, 1.82) is 0 Å². The number of amides is 3. The van der Waals surface area contributed by atoms with Crippen molar-refractivity contribution in [3.63, 3.8) is 0 Å². The quantitative estimate of drug-likeness (QED) is 0.236. The van der Waals surface area contributed by atoms with Crippen molar-refractivity contribution in [1.82, 2.24) is 15.4 Å². The van der Waals surface area contributed by atoms with Crippen LogP contribution >= 0.6 is 0 Å². The van der Waals surface area contributed by atoms with E-state index < -0.39 is 64.6 Å². The molecule has 0 spiro atoms. The predicted octanol–water partition coefficient (Wildman–Crippen LogP) is -0.0593. The lowest BCUT2D eigenvalue weighted by atomic mass is 9.93. The highest BCUT2D eigenvalue weighted by Gasteiger charge is 2.31. The van der Waals surface area contributed by atoms with Gasteiger partial charge < -0.3 is 26.2 Å². The number of benzene rings is 1. The molecule has 1 fully saturated rings. The number of hydrogen-bond donors (Lipinski definition) is 5. The Kier molecular flexibility index (Phi) is 10.8. The molecule has 200 valence electrons. The monoisotopic (exact) mass is 526 g/mol. The van der Waals surface area contributed by atoms with Gasteiger partial charge in [-0.3, -0.25) is 19.2 Å². The highest BCUT2D eigenvalue weighted by molar-refractivity contribution is 7.89. The van der Waals surface area contributed by atoms with Gasteiger partial charge in [-0.25, -0.2) is 13.1 Å². The van der Waals surface area contributed by atoms with Gasteiger partial charge in [-0.2, -0.15) is 0 Å². The van der Waals surface area contributed by atoms with Crippen molar-refractivity contribution in [2.45, 2.75) is 81.5 Å². The van der Waals surface area contributed by atoms with Crippen LogP contribution in [-0.2, 0) is 33.9 Å². The third kappa shape index (κ3) is 9.21. The standard InChI is InChI=1S/C23H34N4O8S/c1-14-7-9-16(10-8-14)36(33,34)27-17-5-3-4-6-19(17)35-13-20(28)25-15(2)23(32)26-18(22(24)31)11-12-21(29)30/h7-10,15,17-19,27H,3-6,11-13H2,1-2H3,(H2,24,31)(H,25,28)(H,26,32)(H,29,30)/t15-,17+,18+,19+/m0/s1. The first-order valence-electron chi connectivity index (χ1n) is 11.7. The molecule has 4 atom stereocenters. The molecule has 0 saturated heterocycles. The number of carboxylic acids is 1. The molecule has 0 radical (unpaired) electrons. The molecule has 3 amide bonds. The maximum absolute atomic E-state index is 12.8. The second-order valence-electron chi connectivity index (χ2n) is 8.86. The molecular weight excluding hydrogens is 492 g/mol. The molecule has 1 aliphatic rings. The summed E-state index contributed by atoms with van der Waals surface area (Å²) in [5.41, 5.74) is 6.14. The summed E-state index contributed by atoms with van der Waals surface area (Å²) in [5.74, 6) is -3.34. The second-order valence-corrected chi connectivity index (χ2v) is 10.6. The Labute approximate surface area is 210 Å². The fourth-order valence-electron chi connectivity index (χ4n) is 3.80. The number of hydrogen-bond acceptors (Lipinski definition) is 7. The van der Waals surface area contributed by atoms with Crippen molar-refractivity contribution in [2.24, 2.45) is 5.73 Å². The molecule has 36 heavy (non-hydrogen) atoms. The number of nitrogens with two attached hydrogens (primary N) is 1. The molecule has 1 aliphatic carbocycles. The molecule has 1 aromatic carbocycles. The molecule has 1 aromatic rings. The summed E-state index contributed by atoms with van der Waals surface area (Å²) in [5, 5.41) is 13.5. The molecule has 0 aliphatic heterocycles. The van der Waals surface area contributed by atoms with Gasteiger partial charge in [0.1, 0.15) is 18.7 Å². The molecule has 13 heteroatoms. The zero-order chi connectivity index (χ0) is 26.9. The number of aryl methyl sites for hydroxylation is 1. The number of carboxylic acid groups (broad SMARTS) is 1. The smallest absolute Gasteiger partial charge is 0.303 e. The fourth-order valence-corrected chi connectivity index (χ4v) is 5.10. The Morgan fingerprint density at radius 1 is 1.11 bits per heavy atom. The summed E-state index contributed by atoms with van der Waals surface area (Å²) < 4.78 is 34.0. The second kappa shape index (κ2) is 13.3. The lowest BCUT2D eigenvalue weighted by Gasteiger charge is -2.31. The average Bonchev–Trinajstić information content (AvgIpc) is 2.80. The first-order chi connectivity index (χ1) is 16.9. The van der Waals surface area contributed by atoms with Crippen molar-refractivity contribution in [3.8, 4) is 0 Å². The van der Waals surface area contributed by atoms with Crippen LogP contribution < -0.4 is 21.1 Å². The van der Waals surface area contributed by atoms with Crippen LogP contribution in [0, 0.1) is 6.92 Å². The molecule has 0 heterocycles. The molecule has 0 aromatic heterocycles. The fraction of sp³-hybridized carbons (Fsp3) is 0.565. The summed E-state index contributed by atoms with van der Waals surface area (Å²) in [6.07, 6.45) is 1.69. The van der Waals surface area contributed by atoms with E-state index in [0.717, 1.165) is 18.4 Å². The lowest BCUT2D eigenvalue weighted by molar-refractivity contribution is -0.137. The normalized spacial score (nSPS) is 19.6. The van der Waals surface area contributed by atoms with Crippen molar-refractivity contribution in [3.05, 3.63) is 29.8 Å². The minimum Gasteiger partial charge on any atom is -0.481 e. The van der Waals surface area contributed by atoms with E-state index in [4.69, 9.17) is 15.6 Å². The number of carbonyl (C=O) groups excluding carboxylic acids is 3. The van der Waals surface area contributed by atoms with Gasteiger partial charge >= 0.3 is 5.97 Å². The third-order valence-electron chi connectivity index (χ3n) is 5.85. The molecular formula is C23H34N4O8S. The average molecular weight is 527 g/mol. The summed E-state index contributed by atoms with van der Waals surface area (Å²) in [6.45, 7) is 2.85. The van der Waals surface area contributed by atoms with E-state index in [9.17, 15) is 27.6 Å². The first-order valence-corrected chi connectivity index (χ1v) is 13.2. The Morgan fingerprint density at radius 3 is 2.36 bits per heavy atom. The number of sulfonamides is 1. The van der Waals surface area contributed by atoms with Gasteiger partial charge in [-0.1, -0.05) is 30.5 Å².